The monoisotopic (exact) mass is 440 g/mol. The maximum absolute atomic E-state index is 14.0. The zero-order valence-electron chi connectivity index (χ0n) is 14.4. The molecule has 1 rings (SSSR count). The Balaban J connectivity index is 0.00000484. The molecule has 7 heteroatoms. The number of guanidine groups is 1. The van der Waals surface area contributed by atoms with E-state index in [1.165, 1.54) is 18.2 Å². The minimum atomic E-state index is -0.536. The van der Waals surface area contributed by atoms with Crippen LogP contribution in [0.15, 0.2) is 23.2 Å². The summed E-state index contributed by atoms with van der Waals surface area (Å²) in [7, 11) is 5.26. The molecule has 0 amide bonds. The van der Waals surface area contributed by atoms with E-state index in [1.54, 1.807) is 26.0 Å². The fourth-order valence-electron chi connectivity index (χ4n) is 2.09. The van der Waals surface area contributed by atoms with Crippen molar-refractivity contribution in [2.45, 2.75) is 19.9 Å². The number of halogens is 3. The van der Waals surface area contributed by atoms with Gasteiger partial charge < -0.3 is 15.5 Å². The van der Waals surface area contributed by atoms with E-state index in [4.69, 9.17) is 0 Å². The summed E-state index contributed by atoms with van der Waals surface area (Å²) in [5.74, 6) is 0.0285. The van der Waals surface area contributed by atoms with Gasteiger partial charge >= 0.3 is 0 Å². The van der Waals surface area contributed by atoms with Gasteiger partial charge in [-0.25, -0.2) is 8.78 Å². The smallest absolute Gasteiger partial charge is 0.191 e. The molecular formula is C16H27F2IN4. The molecule has 2 N–H and O–H groups in total. The van der Waals surface area contributed by atoms with E-state index < -0.39 is 17.7 Å². The van der Waals surface area contributed by atoms with Crippen molar-refractivity contribution in [1.82, 2.24) is 15.5 Å². The maximum atomic E-state index is 14.0. The van der Waals surface area contributed by atoms with Gasteiger partial charge in [-0.2, -0.15) is 0 Å². The number of nitrogens with zero attached hydrogens (tertiary/aromatic N) is 2. The third kappa shape index (κ3) is 6.99. The molecule has 0 radical (unpaired) electrons. The van der Waals surface area contributed by atoms with Crippen LogP contribution in [-0.4, -0.2) is 45.1 Å². The van der Waals surface area contributed by atoms with Crippen molar-refractivity contribution in [2.24, 2.45) is 10.9 Å². The van der Waals surface area contributed by atoms with Crippen molar-refractivity contribution in [3.05, 3.63) is 35.4 Å². The first-order valence-electron chi connectivity index (χ1n) is 7.41. The molecule has 0 aliphatic rings. The van der Waals surface area contributed by atoms with Gasteiger partial charge in [0.15, 0.2) is 5.96 Å². The molecule has 0 bridgehead atoms. The minimum absolute atomic E-state index is 0. The van der Waals surface area contributed by atoms with Crippen molar-refractivity contribution in [2.75, 3.05) is 34.2 Å². The van der Waals surface area contributed by atoms with Crippen LogP contribution in [-0.2, 0) is 0 Å². The summed E-state index contributed by atoms with van der Waals surface area (Å²) >= 11 is 0. The lowest BCUT2D eigenvalue weighted by atomic mass is 10.0. The van der Waals surface area contributed by atoms with Crippen molar-refractivity contribution >= 4 is 29.9 Å². The Morgan fingerprint density at radius 3 is 2.09 bits per heavy atom. The van der Waals surface area contributed by atoms with Crippen LogP contribution in [0.25, 0.3) is 0 Å². The van der Waals surface area contributed by atoms with Gasteiger partial charge in [0.2, 0.25) is 0 Å². The first kappa shape index (κ1) is 22.0. The zero-order chi connectivity index (χ0) is 16.7. The van der Waals surface area contributed by atoms with Crippen molar-refractivity contribution < 1.29 is 8.78 Å². The fraction of sp³-hybridized carbons (Fsp3) is 0.562. The number of hydrogen-bond donors (Lipinski definition) is 2. The Labute approximate surface area is 154 Å². The summed E-state index contributed by atoms with van der Waals surface area (Å²) in [5.41, 5.74) is 0.0688. The minimum Gasteiger partial charge on any atom is -0.356 e. The predicted molar refractivity (Wildman–Crippen MR) is 102 cm³/mol. The summed E-state index contributed by atoms with van der Waals surface area (Å²) in [4.78, 5) is 5.90. The Morgan fingerprint density at radius 2 is 1.65 bits per heavy atom. The summed E-state index contributed by atoms with van der Waals surface area (Å²) in [5, 5.41) is 6.30. The molecule has 0 aliphatic heterocycles. The SMILES string of the molecule is CN=C(NCC(C)C)NCC(c1c(F)cccc1F)N(C)C.I. The molecule has 0 saturated carbocycles. The fourth-order valence-corrected chi connectivity index (χ4v) is 2.09. The second kappa shape index (κ2) is 10.7. The largest absolute Gasteiger partial charge is 0.356 e. The van der Waals surface area contributed by atoms with E-state index >= 15 is 0 Å². The molecule has 1 unspecified atom stereocenters. The molecule has 0 aliphatic carbocycles. The molecular weight excluding hydrogens is 413 g/mol. The highest BCUT2D eigenvalue weighted by atomic mass is 127. The van der Waals surface area contributed by atoms with Crippen LogP contribution in [0.4, 0.5) is 8.78 Å². The van der Waals surface area contributed by atoms with Crippen LogP contribution in [0.3, 0.4) is 0 Å². The molecule has 0 spiro atoms. The molecule has 1 atom stereocenters. The van der Waals surface area contributed by atoms with Crippen molar-refractivity contribution in [1.29, 1.82) is 0 Å². The van der Waals surface area contributed by atoms with Crippen LogP contribution in [0.2, 0.25) is 0 Å². The molecule has 0 fully saturated rings. The first-order chi connectivity index (χ1) is 10.4. The van der Waals surface area contributed by atoms with Crippen LogP contribution in [0.5, 0.6) is 0 Å². The molecule has 1 aromatic carbocycles. The van der Waals surface area contributed by atoms with Gasteiger partial charge in [0.25, 0.3) is 0 Å². The Morgan fingerprint density at radius 1 is 1.13 bits per heavy atom. The third-order valence-corrected chi connectivity index (χ3v) is 3.32. The van der Waals surface area contributed by atoms with Crippen LogP contribution < -0.4 is 10.6 Å². The molecule has 1 aromatic rings. The normalized spacial score (nSPS) is 13.0. The summed E-state index contributed by atoms with van der Waals surface area (Å²) in [6, 6.07) is 3.50. The van der Waals surface area contributed by atoms with E-state index in [2.05, 4.69) is 29.5 Å². The summed E-state index contributed by atoms with van der Waals surface area (Å²) in [6.45, 7) is 5.32. The molecule has 23 heavy (non-hydrogen) atoms. The number of likely N-dealkylation sites (N-methyl/N-ethyl adjacent to an activating group) is 1. The topological polar surface area (TPSA) is 39.7 Å². The lowest BCUT2D eigenvalue weighted by Crippen LogP contribution is -2.43. The number of benzene rings is 1. The number of aliphatic imine (C=N–C) groups is 1. The average Bonchev–Trinajstić information content (AvgIpc) is 2.44. The van der Waals surface area contributed by atoms with Crippen molar-refractivity contribution in [3.63, 3.8) is 0 Å². The van der Waals surface area contributed by atoms with E-state index in [1.807, 2.05) is 0 Å². The van der Waals surface area contributed by atoms with Crippen LogP contribution >= 0.6 is 24.0 Å². The molecule has 0 saturated heterocycles. The van der Waals surface area contributed by atoms with E-state index in [9.17, 15) is 8.78 Å². The Bertz CT molecular complexity index is 487. The van der Waals surface area contributed by atoms with Gasteiger partial charge in [0.1, 0.15) is 11.6 Å². The zero-order valence-corrected chi connectivity index (χ0v) is 16.7. The van der Waals surface area contributed by atoms with Gasteiger partial charge in [-0.3, -0.25) is 4.99 Å². The average molecular weight is 440 g/mol. The second-order valence-corrected chi connectivity index (χ2v) is 5.84. The van der Waals surface area contributed by atoms with E-state index in [-0.39, 0.29) is 29.5 Å². The van der Waals surface area contributed by atoms with E-state index in [0.29, 0.717) is 18.4 Å². The predicted octanol–water partition coefficient (Wildman–Crippen LogP) is 3.01. The third-order valence-electron chi connectivity index (χ3n) is 3.32. The van der Waals surface area contributed by atoms with Gasteiger partial charge in [0, 0.05) is 25.7 Å². The standard InChI is InChI=1S/C16H26F2N4.HI/c1-11(2)9-20-16(19-3)21-10-14(22(4)5)15-12(17)7-6-8-13(15)18;/h6-8,11,14H,9-10H2,1-5H3,(H2,19,20,21);1H. The Hall–Kier alpha value is -0.960. The van der Waals surface area contributed by atoms with Gasteiger partial charge in [0.05, 0.1) is 6.04 Å². The summed E-state index contributed by atoms with van der Waals surface area (Å²) < 4.78 is 28.0. The van der Waals surface area contributed by atoms with Crippen LogP contribution in [0.1, 0.15) is 25.5 Å². The van der Waals surface area contributed by atoms with Crippen LogP contribution in [0, 0.1) is 17.6 Å². The van der Waals surface area contributed by atoms with Crippen molar-refractivity contribution in [3.8, 4) is 0 Å². The summed E-state index contributed by atoms with van der Waals surface area (Å²) in [6.07, 6.45) is 0. The van der Waals surface area contributed by atoms with Gasteiger partial charge in [-0.15, -0.1) is 24.0 Å². The van der Waals surface area contributed by atoms with Gasteiger partial charge in [-0.1, -0.05) is 19.9 Å². The highest BCUT2D eigenvalue weighted by molar-refractivity contribution is 14.0. The maximum Gasteiger partial charge on any atom is 0.191 e. The highest BCUT2D eigenvalue weighted by Gasteiger charge is 2.22. The number of hydrogen-bond acceptors (Lipinski definition) is 2. The number of rotatable bonds is 6. The number of nitrogens with one attached hydrogen (secondary N) is 2. The lowest BCUT2D eigenvalue weighted by Gasteiger charge is -2.26. The molecule has 132 valence electrons. The second-order valence-electron chi connectivity index (χ2n) is 5.84. The van der Waals surface area contributed by atoms with Gasteiger partial charge in [-0.05, 0) is 32.1 Å². The van der Waals surface area contributed by atoms with E-state index in [0.717, 1.165) is 6.54 Å². The quantitative estimate of drug-likeness (QED) is 0.406. The lowest BCUT2D eigenvalue weighted by molar-refractivity contribution is 0.282. The first-order valence-corrected chi connectivity index (χ1v) is 7.41. The Kier molecular flexibility index (Phi) is 10.3. The molecule has 4 nitrogen and oxygen atoms in total. The highest BCUT2D eigenvalue weighted by Crippen LogP contribution is 2.23. The molecule has 0 heterocycles. The molecule has 0 aromatic heterocycles.